The molecule has 0 saturated carbocycles. The molecule has 0 amide bonds. The van der Waals surface area contributed by atoms with E-state index in [9.17, 15) is 0 Å². The molecule has 0 spiro atoms. The van der Waals surface area contributed by atoms with Crippen LogP contribution >= 0.6 is 0 Å². The van der Waals surface area contributed by atoms with Crippen LogP contribution in [0, 0.1) is 6.92 Å². The van der Waals surface area contributed by atoms with Crippen molar-refractivity contribution < 1.29 is 4.74 Å². The molecular weight excluding hydrogens is 276 g/mol. The van der Waals surface area contributed by atoms with Crippen LogP contribution in [0.4, 0.5) is 17.3 Å². The summed E-state index contributed by atoms with van der Waals surface area (Å²) in [5.41, 5.74) is 0.973. The van der Waals surface area contributed by atoms with E-state index in [4.69, 9.17) is 4.74 Å². The topological polar surface area (TPSA) is 59.1 Å². The number of unbranched alkanes of at least 4 members (excludes halogenated alkanes) is 1. The molecular formula is C17H24N4O. The zero-order valence-corrected chi connectivity index (χ0v) is 13.5. The van der Waals surface area contributed by atoms with Crippen LogP contribution in [0.15, 0.2) is 30.3 Å². The molecule has 5 nitrogen and oxygen atoms in total. The zero-order valence-electron chi connectivity index (χ0n) is 13.5. The number of aromatic nitrogens is 2. The third-order valence-electron chi connectivity index (χ3n) is 3.11. The predicted octanol–water partition coefficient (Wildman–Crippen LogP) is 4.14. The molecule has 0 unspecified atom stereocenters. The van der Waals surface area contributed by atoms with E-state index >= 15 is 0 Å². The van der Waals surface area contributed by atoms with Crippen molar-refractivity contribution in [3.8, 4) is 5.75 Å². The highest BCUT2D eigenvalue weighted by Gasteiger charge is 2.03. The van der Waals surface area contributed by atoms with Gasteiger partial charge in [-0.3, -0.25) is 0 Å². The Labute approximate surface area is 132 Å². The highest BCUT2D eigenvalue weighted by atomic mass is 16.5. The lowest BCUT2D eigenvalue weighted by Crippen LogP contribution is -2.06. The van der Waals surface area contributed by atoms with Crippen LogP contribution in [0.2, 0.25) is 0 Å². The summed E-state index contributed by atoms with van der Waals surface area (Å²) in [5.74, 6) is 3.26. The van der Waals surface area contributed by atoms with Gasteiger partial charge in [0.25, 0.3) is 0 Å². The highest BCUT2D eigenvalue weighted by Crippen LogP contribution is 2.20. The van der Waals surface area contributed by atoms with Gasteiger partial charge in [0.2, 0.25) is 0 Å². The van der Waals surface area contributed by atoms with Gasteiger partial charge in [0.05, 0.1) is 6.61 Å². The standard InChI is InChI=1S/C17H24N4O/c1-4-6-11-18-16-12-17(20-13(3)19-16)21-14-7-9-15(10-8-14)22-5-2/h7-10,12H,4-6,11H2,1-3H3,(H2,18,19,20,21). The van der Waals surface area contributed by atoms with E-state index in [0.29, 0.717) is 6.61 Å². The summed E-state index contributed by atoms with van der Waals surface area (Å²) in [4.78, 5) is 8.83. The molecule has 0 aliphatic rings. The predicted molar refractivity (Wildman–Crippen MR) is 91.1 cm³/mol. The lowest BCUT2D eigenvalue weighted by molar-refractivity contribution is 0.340. The van der Waals surface area contributed by atoms with Crippen LogP contribution in [-0.2, 0) is 0 Å². The second-order valence-electron chi connectivity index (χ2n) is 5.05. The van der Waals surface area contributed by atoms with Gasteiger partial charge in [-0.1, -0.05) is 13.3 Å². The average Bonchev–Trinajstić information content (AvgIpc) is 2.49. The summed E-state index contributed by atoms with van der Waals surface area (Å²) in [6, 6.07) is 9.78. The first-order valence-electron chi connectivity index (χ1n) is 7.80. The Bertz CT molecular complexity index is 584. The number of ether oxygens (including phenoxy) is 1. The fourth-order valence-electron chi connectivity index (χ4n) is 2.06. The number of rotatable bonds is 8. The van der Waals surface area contributed by atoms with Gasteiger partial charge in [-0.25, -0.2) is 9.97 Å². The SMILES string of the molecule is CCCCNc1cc(Nc2ccc(OCC)cc2)nc(C)n1. The number of hydrogen-bond acceptors (Lipinski definition) is 5. The Morgan fingerprint density at radius 2 is 1.77 bits per heavy atom. The molecule has 0 aliphatic heterocycles. The number of benzene rings is 1. The molecule has 2 aromatic rings. The normalized spacial score (nSPS) is 10.3. The second kappa shape index (κ2) is 8.22. The minimum Gasteiger partial charge on any atom is -0.494 e. The summed E-state index contributed by atoms with van der Waals surface area (Å²) < 4.78 is 5.44. The van der Waals surface area contributed by atoms with E-state index in [0.717, 1.165) is 48.3 Å². The maximum absolute atomic E-state index is 5.44. The molecule has 2 N–H and O–H groups in total. The van der Waals surface area contributed by atoms with Crippen molar-refractivity contribution in [1.29, 1.82) is 0 Å². The van der Waals surface area contributed by atoms with Gasteiger partial charge < -0.3 is 15.4 Å². The van der Waals surface area contributed by atoms with Gasteiger partial charge in [0, 0.05) is 18.3 Å². The molecule has 1 heterocycles. The Morgan fingerprint density at radius 1 is 1.05 bits per heavy atom. The highest BCUT2D eigenvalue weighted by molar-refractivity contribution is 5.59. The molecule has 0 saturated heterocycles. The van der Waals surface area contributed by atoms with Crippen LogP contribution in [0.3, 0.4) is 0 Å². The third-order valence-corrected chi connectivity index (χ3v) is 3.11. The molecule has 2 rings (SSSR count). The van der Waals surface area contributed by atoms with E-state index in [-0.39, 0.29) is 0 Å². The minimum atomic E-state index is 0.671. The van der Waals surface area contributed by atoms with Gasteiger partial charge in [-0.05, 0) is 44.5 Å². The van der Waals surface area contributed by atoms with E-state index in [1.54, 1.807) is 0 Å². The fourth-order valence-corrected chi connectivity index (χ4v) is 2.06. The molecule has 0 fully saturated rings. The van der Waals surface area contributed by atoms with Crippen molar-refractivity contribution in [3.63, 3.8) is 0 Å². The van der Waals surface area contributed by atoms with Gasteiger partial charge in [-0.2, -0.15) is 0 Å². The molecule has 0 bridgehead atoms. The van der Waals surface area contributed by atoms with Crippen LogP contribution < -0.4 is 15.4 Å². The Kier molecular flexibility index (Phi) is 6.01. The van der Waals surface area contributed by atoms with Crippen LogP contribution in [0.25, 0.3) is 0 Å². The molecule has 22 heavy (non-hydrogen) atoms. The van der Waals surface area contributed by atoms with Crippen molar-refractivity contribution in [2.24, 2.45) is 0 Å². The van der Waals surface area contributed by atoms with Crippen LogP contribution in [-0.4, -0.2) is 23.1 Å². The van der Waals surface area contributed by atoms with Gasteiger partial charge >= 0.3 is 0 Å². The molecule has 118 valence electrons. The summed E-state index contributed by atoms with van der Waals surface area (Å²) in [6.07, 6.45) is 2.29. The Balaban J connectivity index is 2.04. The first-order chi connectivity index (χ1) is 10.7. The van der Waals surface area contributed by atoms with Gasteiger partial charge in [-0.15, -0.1) is 0 Å². The largest absolute Gasteiger partial charge is 0.494 e. The summed E-state index contributed by atoms with van der Waals surface area (Å²) in [5, 5.41) is 6.63. The zero-order chi connectivity index (χ0) is 15.8. The van der Waals surface area contributed by atoms with Gasteiger partial charge in [0.15, 0.2) is 0 Å². The minimum absolute atomic E-state index is 0.671. The van der Waals surface area contributed by atoms with E-state index in [2.05, 4.69) is 27.5 Å². The summed E-state index contributed by atoms with van der Waals surface area (Å²) in [7, 11) is 0. The Hall–Kier alpha value is -2.30. The van der Waals surface area contributed by atoms with Crippen LogP contribution in [0.1, 0.15) is 32.5 Å². The van der Waals surface area contributed by atoms with Crippen molar-refractivity contribution in [3.05, 3.63) is 36.2 Å². The van der Waals surface area contributed by atoms with E-state index in [1.807, 2.05) is 44.2 Å². The molecule has 0 atom stereocenters. The Morgan fingerprint density at radius 3 is 2.45 bits per heavy atom. The first kappa shape index (κ1) is 16.1. The molecule has 0 aliphatic carbocycles. The molecule has 0 radical (unpaired) electrons. The van der Waals surface area contributed by atoms with Crippen molar-refractivity contribution in [2.75, 3.05) is 23.8 Å². The summed E-state index contributed by atoms with van der Waals surface area (Å²) >= 11 is 0. The van der Waals surface area contributed by atoms with E-state index < -0.39 is 0 Å². The number of nitrogens with one attached hydrogen (secondary N) is 2. The van der Waals surface area contributed by atoms with Gasteiger partial charge in [0.1, 0.15) is 23.2 Å². The molecule has 1 aromatic heterocycles. The smallest absolute Gasteiger partial charge is 0.136 e. The maximum atomic E-state index is 5.44. The van der Waals surface area contributed by atoms with Crippen molar-refractivity contribution in [1.82, 2.24) is 9.97 Å². The van der Waals surface area contributed by atoms with E-state index in [1.165, 1.54) is 0 Å². The van der Waals surface area contributed by atoms with Crippen molar-refractivity contribution >= 4 is 17.3 Å². The first-order valence-corrected chi connectivity index (χ1v) is 7.80. The molecule has 1 aromatic carbocycles. The number of aryl methyl sites for hydroxylation is 1. The van der Waals surface area contributed by atoms with Crippen LogP contribution in [0.5, 0.6) is 5.75 Å². The molecule has 5 heteroatoms. The number of anilines is 3. The monoisotopic (exact) mass is 300 g/mol. The quantitative estimate of drug-likeness (QED) is 0.718. The lowest BCUT2D eigenvalue weighted by atomic mass is 10.3. The number of hydrogen-bond donors (Lipinski definition) is 2. The maximum Gasteiger partial charge on any atom is 0.136 e. The fraction of sp³-hybridized carbons (Fsp3) is 0.412. The second-order valence-corrected chi connectivity index (χ2v) is 5.05. The number of nitrogens with zero attached hydrogens (tertiary/aromatic N) is 2. The third kappa shape index (κ3) is 4.91. The summed E-state index contributed by atoms with van der Waals surface area (Å²) in [6.45, 7) is 7.64. The average molecular weight is 300 g/mol. The lowest BCUT2D eigenvalue weighted by Gasteiger charge is -2.10. The van der Waals surface area contributed by atoms with Crippen molar-refractivity contribution in [2.45, 2.75) is 33.6 Å².